The zero-order valence-electron chi connectivity index (χ0n) is 16.4. The van der Waals surface area contributed by atoms with E-state index in [2.05, 4.69) is 10.6 Å². The van der Waals surface area contributed by atoms with Crippen LogP contribution >= 0.6 is 12.2 Å². The molecule has 0 aliphatic carbocycles. The van der Waals surface area contributed by atoms with Gasteiger partial charge in [0, 0.05) is 31.6 Å². The maximum Gasteiger partial charge on any atom is 0.253 e. The summed E-state index contributed by atoms with van der Waals surface area (Å²) in [6.45, 7) is 2.02. The fourth-order valence-corrected chi connectivity index (χ4v) is 3.54. The standard InChI is InChI=1S/C20H25N3O3S2/c1-5-18(14-8-12-17(13-9-14)28(4,25)26)22-20(27)21-16-10-6-15(7-11-16)19(24)23(2)3/h6-13,18H,5H2,1-4H3,(H2,21,22,27). The van der Waals surface area contributed by atoms with Gasteiger partial charge < -0.3 is 15.5 Å². The Labute approximate surface area is 171 Å². The molecule has 1 atom stereocenters. The first kappa shape index (κ1) is 21.8. The zero-order valence-corrected chi connectivity index (χ0v) is 18.0. The topological polar surface area (TPSA) is 78.5 Å². The van der Waals surface area contributed by atoms with Crippen molar-refractivity contribution in [3.05, 3.63) is 59.7 Å². The highest BCUT2D eigenvalue weighted by Gasteiger charge is 2.13. The molecule has 0 saturated heterocycles. The Kier molecular flexibility index (Phi) is 7.15. The second-order valence-electron chi connectivity index (χ2n) is 6.68. The van der Waals surface area contributed by atoms with Gasteiger partial charge in [0.2, 0.25) is 0 Å². The first-order valence-electron chi connectivity index (χ1n) is 8.81. The summed E-state index contributed by atoms with van der Waals surface area (Å²) in [6.07, 6.45) is 1.96. The van der Waals surface area contributed by atoms with Crippen molar-refractivity contribution in [3.63, 3.8) is 0 Å². The summed E-state index contributed by atoms with van der Waals surface area (Å²) in [5, 5.41) is 6.80. The van der Waals surface area contributed by atoms with Gasteiger partial charge in [0.1, 0.15) is 0 Å². The Balaban J connectivity index is 2.03. The average Bonchev–Trinajstić information content (AvgIpc) is 2.65. The molecule has 0 spiro atoms. The van der Waals surface area contributed by atoms with E-state index < -0.39 is 9.84 Å². The molecule has 0 heterocycles. The van der Waals surface area contributed by atoms with Crippen molar-refractivity contribution >= 4 is 38.8 Å². The second-order valence-corrected chi connectivity index (χ2v) is 9.10. The summed E-state index contributed by atoms with van der Waals surface area (Å²) in [4.78, 5) is 13.7. The Morgan fingerprint density at radius 1 is 1.07 bits per heavy atom. The summed E-state index contributed by atoms with van der Waals surface area (Å²) >= 11 is 5.40. The van der Waals surface area contributed by atoms with E-state index in [1.165, 1.54) is 11.2 Å². The second kappa shape index (κ2) is 9.16. The molecule has 1 unspecified atom stereocenters. The molecule has 8 heteroatoms. The first-order valence-corrected chi connectivity index (χ1v) is 11.1. The SMILES string of the molecule is CCC(NC(=S)Nc1ccc(C(=O)N(C)C)cc1)c1ccc(S(C)(=O)=O)cc1. The van der Waals surface area contributed by atoms with E-state index in [1.807, 2.05) is 6.92 Å². The highest BCUT2D eigenvalue weighted by Crippen LogP contribution is 2.20. The molecule has 150 valence electrons. The highest BCUT2D eigenvalue weighted by molar-refractivity contribution is 7.90. The van der Waals surface area contributed by atoms with Crippen LogP contribution in [0.1, 0.15) is 35.3 Å². The van der Waals surface area contributed by atoms with Crippen LogP contribution in [0.25, 0.3) is 0 Å². The van der Waals surface area contributed by atoms with Crippen LogP contribution in [0.4, 0.5) is 5.69 Å². The molecular weight excluding hydrogens is 394 g/mol. The third kappa shape index (κ3) is 5.77. The van der Waals surface area contributed by atoms with Crippen LogP contribution < -0.4 is 10.6 Å². The molecule has 0 aromatic heterocycles. The minimum atomic E-state index is -3.22. The average molecular weight is 420 g/mol. The van der Waals surface area contributed by atoms with Crippen molar-refractivity contribution in [2.45, 2.75) is 24.3 Å². The molecule has 0 aliphatic heterocycles. The van der Waals surface area contributed by atoms with Gasteiger partial charge in [0.15, 0.2) is 14.9 Å². The molecule has 2 aromatic carbocycles. The van der Waals surface area contributed by atoms with Gasteiger partial charge in [-0.3, -0.25) is 4.79 Å². The van der Waals surface area contributed by atoms with Gasteiger partial charge in [0.25, 0.3) is 5.91 Å². The van der Waals surface area contributed by atoms with Gasteiger partial charge in [-0.25, -0.2) is 8.42 Å². The minimum absolute atomic E-state index is 0.0526. The summed E-state index contributed by atoms with van der Waals surface area (Å²) in [6, 6.07) is 13.8. The van der Waals surface area contributed by atoms with Crippen LogP contribution in [0.2, 0.25) is 0 Å². The van der Waals surface area contributed by atoms with Gasteiger partial charge in [0.05, 0.1) is 10.9 Å². The van der Waals surface area contributed by atoms with Gasteiger partial charge in [-0.15, -0.1) is 0 Å². The molecule has 0 fully saturated rings. The molecule has 2 rings (SSSR count). The van der Waals surface area contributed by atoms with Gasteiger partial charge in [-0.1, -0.05) is 19.1 Å². The molecular formula is C20H25N3O3S2. The van der Waals surface area contributed by atoms with Gasteiger partial charge in [-0.2, -0.15) is 0 Å². The quantitative estimate of drug-likeness (QED) is 0.700. The van der Waals surface area contributed by atoms with Crippen LogP contribution in [0, 0.1) is 0 Å². The van der Waals surface area contributed by atoms with Crippen LogP contribution in [0.5, 0.6) is 0 Å². The van der Waals surface area contributed by atoms with Crippen LogP contribution in [-0.4, -0.2) is 44.7 Å². The van der Waals surface area contributed by atoms with Gasteiger partial charge >= 0.3 is 0 Å². The number of nitrogens with one attached hydrogen (secondary N) is 2. The zero-order chi connectivity index (χ0) is 20.9. The minimum Gasteiger partial charge on any atom is -0.356 e. The Hall–Kier alpha value is -2.45. The molecule has 0 bridgehead atoms. The predicted molar refractivity (Wildman–Crippen MR) is 116 cm³/mol. The van der Waals surface area contributed by atoms with E-state index in [0.29, 0.717) is 15.6 Å². The molecule has 0 saturated carbocycles. The highest BCUT2D eigenvalue weighted by atomic mass is 32.2. The molecule has 0 radical (unpaired) electrons. The fourth-order valence-electron chi connectivity index (χ4n) is 2.65. The molecule has 28 heavy (non-hydrogen) atoms. The third-order valence-electron chi connectivity index (χ3n) is 4.22. The number of carbonyl (C=O) groups excluding carboxylic acids is 1. The van der Waals surface area contributed by atoms with Crippen molar-refractivity contribution in [1.82, 2.24) is 10.2 Å². The summed E-state index contributed by atoms with van der Waals surface area (Å²) in [5.41, 5.74) is 2.33. The summed E-state index contributed by atoms with van der Waals surface area (Å²) in [5.74, 6) is -0.0594. The van der Waals surface area contributed by atoms with E-state index in [9.17, 15) is 13.2 Å². The first-order chi connectivity index (χ1) is 13.1. The fraction of sp³-hybridized carbons (Fsp3) is 0.300. The van der Waals surface area contributed by atoms with Crippen molar-refractivity contribution in [1.29, 1.82) is 0 Å². The van der Waals surface area contributed by atoms with Gasteiger partial charge in [-0.05, 0) is 60.6 Å². The van der Waals surface area contributed by atoms with E-state index in [-0.39, 0.29) is 11.9 Å². The predicted octanol–water partition coefficient (Wildman–Crippen LogP) is 3.23. The summed E-state index contributed by atoms with van der Waals surface area (Å²) < 4.78 is 23.2. The Bertz CT molecular complexity index is 938. The third-order valence-corrected chi connectivity index (χ3v) is 5.57. The Morgan fingerprint density at radius 3 is 2.11 bits per heavy atom. The van der Waals surface area contributed by atoms with Crippen molar-refractivity contribution in [2.24, 2.45) is 0 Å². The normalized spacial score (nSPS) is 12.1. The van der Waals surface area contributed by atoms with Crippen LogP contribution in [0.15, 0.2) is 53.4 Å². The number of benzene rings is 2. The van der Waals surface area contributed by atoms with E-state index in [1.54, 1.807) is 62.6 Å². The van der Waals surface area contributed by atoms with Crippen molar-refractivity contribution in [3.8, 4) is 0 Å². The maximum atomic E-state index is 11.9. The largest absolute Gasteiger partial charge is 0.356 e. The lowest BCUT2D eigenvalue weighted by Crippen LogP contribution is -2.32. The number of sulfone groups is 1. The Morgan fingerprint density at radius 2 is 1.64 bits per heavy atom. The molecule has 2 N–H and O–H groups in total. The lowest BCUT2D eigenvalue weighted by Gasteiger charge is -2.20. The molecule has 0 aliphatic rings. The number of carbonyl (C=O) groups is 1. The number of hydrogen-bond acceptors (Lipinski definition) is 4. The monoisotopic (exact) mass is 419 g/mol. The summed E-state index contributed by atoms with van der Waals surface area (Å²) in [7, 11) is 0.202. The molecule has 1 amide bonds. The lowest BCUT2D eigenvalue weighted by atomic mass is 10.1. The smallest absolute Gasteiger partial charge is 0.253 e. The van der Waals surface area contributed by atoms with E-state index in [4.69, 9.17) is 12.2 Å². The lowest BCUT2D eigenvalue weighted by molar-refractivity contribution is 0.0827. The molecule has 6 nitrogen and oxygen atoms in total. The van der Waals surface area contributed by atoms with Crippen molar-refractivity contribution < 1.29 is 13.2 Å². The van der Waals surface area contributed by atoms with Crippen LogP contribution in [-0.2, 0) is 9.84 Å². The van der Waals surface area contributed by atoms with Crippen LogP contribution in [0.3, 0.4) is 0 Å². The molecule has 2 aromatic rings. The van der Waals surface area contributed by atoms with Crippen molar-refractivity contribution in [2.75, 3.05) is 25.7 Å². The number of amides is 1. The number of hydrogen-bond donors (Lipinski definition) is 2. The number of rotatable bonds is 6. The van der Waals surface area contributed by atoms with E-state index >= 15 is 0 Å². The maximum absolute atomic E-state index is 11.9. The number of anilines is 1. The number of thiocarbonyl (C=S) groups is 1. The van der Waals surface area contributed by atoms with E-state index in [0.717, 1.165) is 17.7 Å². The number of nitrogens with zero attached hydrogens (tertiary/aromatic N) is 1.